The van der Waals surface area contributed by atoms with Crippen molar-refractivity contribution < 1.29 is 9.18 Å². The number of nitriles is 1. The van der Waals surface area contributed by atoms with E-state index in [1.54, 1.807) is 18.6 Å². The Kier molecular flexibility index (Phi) is 6.31. The van der Waals surface area contributed by atoms with Crippen LogP contribution in [-0.2, 0) is 24.4 Å². The van der Waals surface area contributed by atoms with E-state index < -0.39 is 5.82 Å². The number of hydrogen-bond donors (Lipinski definition) is 1. The number of rotatable bonds is 7. The van der Waals surface area contributed by atoms with E-state index >= 15 is 0 Å². The summed E-state index contributed by atoms with van der Waals surface area (Å²) >= 11 is 6.04. The van der Waals surface area contributed by atoms with Crippen LogP contribution < -0.4 is 5.32 Å². The van der Waals surface area contributed by atoms with Crippen LogP contribution in [-0.4, -0.2) is 32.9 Å². The molecule has 8 heteroatoms. The summed E-state index contributed by atoms with van der Waals surface area (Å²) in [5, 5.41) is 12.9. The van der Waals surface area contributed by atoms with Crippen LogP contribution in [0.5, 0.6) is 0 Å². The lowest BCUT2D eigenvalue weighted by atomic mass is 10.1. The van der Waals surface area contributed by atoms with Crippen LogP contribution in [0.1, 0.15) is 28.8 Å². The Morgan fingerprint density at radius 1 is 1.23 bits per heavy atom. The zero-order valence-corrected chi connectivity index (χ0v) is 17.5. The van der Waals surface area contributed by atoms with E-state index in [1.165, 1.54) is 12.1 Å². The summed E-state index contributed by atoms with van der Waals surface area (Å²) in [5.74, 6) is -0.462. The molecule has 6 nitrogen and oxygen atoms in total. The third kappa shape index (κ3) is 4.93. The monoisotopic (exact) mass is 437 g/mol. The highest BCUT2D eigenvalue weighted by Gasteiger charge is 2.31. The molecule has 1 amide bonds. The summed E-state index contributed by atoms with van der Waals surface area (Å²) in [6, 6.07) is 13.7. The maximum atomic E-state index is 13.9. The van der Waals surface area contributed by atoms with Crippen molar-refractivity contribution in [2.75, 3.05) is 6.54 Å². The van der Waals surface area contributed by atoms with E-state index in [2.05, 4.69) is 10.3 Å². The molecule has 1 aliphatic heterocycles. The molecule has 0 spiro atoms. The second-order valence-corrected chi connectivity index (χ2v) is 7.99. The van der Waals surface area contributed by atoms with Crippen LogP contribution in [0, 0.1) is 17.1 Å². The molecule has 1 saturated heterocycles. The van der Waals surface area contributed by atoms with Gasteiger partial charge >= 0.3 is 0 Å². The van der Waals surface area contributed by atoms with Gasteiger partial charge in [-0.15, -0.1) is 0 Å². The summed E-state index contributed by atoms with van der Waals surface area (Å²) in [6.07, 6.45) is 4.14. The number of imidazole rings is 1. The summed E-state index contributed by atoms with van der Waals surface area (Å²) in [5.41, 5.74) is 2.67. The highest BCUT2D eigenvalue weighted by Crippen LogP contribution is 2.18. The van der Waals surface area contributed by atoms with Gasteiger partial charge in [-0.25, -0.2) is 9.37 Å². The summed E-state index contributed by atoms with van der Waals surface area (Å²) in [7, 11) is 0. The number of halogens is 2. The first-order chi connectivity index (χ1) is 15.0. The molecule has 1 atom stereocenters. The minimum absolute atomic E-state index is 0.0262. The first-order valence-electron chi connectivity index (χ1n) is 9.97. The van der Waals surface area contributed by atoms with Crippen LogP contribution in [0.2, 0.25) is 5.02 Å². The number of nitrogens with zero attached hydrogens (tertiary/aromatic N) is 4. The predicted octanol–water partition coefficient (Wildman–Crippen LogP) is 3.49. The third-order valence-electron chi connectivity index (χ3n) is 5.39. The van der Waals surface area contributed by atoms with E-state index in [-0.39, 0.29) is 17.5 Å². The van der Waals surface area contributed by atoms with Gasteiger partial charge in [0, 0.05) is 37.4 Å². The Morgan fingerprint density at radius 3 is 2.84 bits per heavy atom. The first-order valence-corrected chi connectivity index (χ1v) is 10.4. The second kappa shape index (κ2) is 9.29. The number of hydrogen-bond acceptors (Lipinski definition) is 4. The number of benzene rings is 2. The molecule has 1 N–H and O–H groups in total. The van der Waals surface area contributed by atoms with Gasteiger partial charge in [0.1, 0.15) is 11.9 Å². The number of carbonyl (C=O) groups excluding carboxylic acids is 1. The van der Waals surface area contributed by atoms with Crippen molar-refractivity contribution in [1.29, 1.82) is 5.26 Å². The topological polar surface area (TPSA) is 74.0 Å². The van der Waals surface area contributed by atoms with Crippen LogP contribution in [0.4, 0.5) is 4.39 Å². The highest BCUT2D eigenvalue weighted by atomic mass is 35.5. The van der Waals surface area contributed by atoms with Gasteiger partial charge in [0.15, 0.2) is 0 Å². The summed E-state index contributed by atoms with van der Waals surface area (Å²) in [6.45, 7) is 2.13. The molecule has 0 unspecified atom stereocenters. The van der Waals surface area contributed by atoms with E-state index in [4.69, 9.17) is 16.9 Å². The molecule has 1 aliphatic rings. The first kappa shape index (κ1) is 21.0. The maximum Gasteiger partial charge on any atom is 0.240 e. The molecular formula is C23H21ClFN5O. The summed E-state index contributed by atoms with van der Waals surface area (Å²) in [4.78, 5) is 18.8. The fourth-order valence-corrected chi connectivity index (χ4v) is 3.96. The molecule has 1 fully saturated rings. The maximum absolute atomic E-state index is 13.9. The number of likely N-dealkylation sites (tertiary alicyclic amines) is 1. The molecule has 31 heavy (non-hydrogen) atoms. The number of aromatic nitrogens is 2. The minimum Gasteiger partial charge on any atom is -0.337 e. The number of nitrogens with one attached hydrogen (secondary N) is 1. The normalized spacial score (nSPS) is 16.0. The van der Waals surface area contributed by atoms with Gasteiger partial charge in [-0.3, -0.25) is 4.79 Å². The van der Waals surface area contributed by atoms with Crippen molar-refractivity contribution in [2.45, 2.75) is 32.1 Å². The van der Waals surface area contributed by atoms with Gasteiger partial charge in [0.2, 0.25) is 5.91 Å². The molecule has 4 rings (SSSR count). The Labute approximate surface area is 184 Å². The molecule has 2 heterocycles. The predicted molar refractivity (Wildman–Crippen MR) is 115 cm³/mol. The van der Waals surface area contributed by atoms with Gasteiger partial charge in [0.05, 0.1) is 23.6 Å². The van der Waals surface area contributed by atoms with Gasteiger partial charge in [0.25, 0.3) is 0 Å². The van der Waals surface area contributed by atoms with Gasteiger partial charge < -0.3 is 14.8 Å². The smallest absolute Gasteiger partial charge is 0.240 e. The summed E-state index contributed by atoms with van der Waals surface area (Å²) < 4.78 is 15.8. The lowest BCUT2D eigenvalue weighted by Gasteiger charge is -2.18. The zero-order chi connectivity index (χ0) is 21.8. The van der Waals surface area contributed by atoms with Crippen LogP contribution in [0.25, 0.3) is 0 Å². The highest BCUT2D eigenvalue weighted by molar-refractivity contribution is 6.30. The van der Waals surface area contributed by atoms with E-state index in [9.17, 15) is 9.18 Å². The second-order valence-electron chi connectivity index (χ2n) is 7.55. The number of amides is 1. The van der Waals surface area contributed by atoms with Crippen LogP contribution in [0.15, 0.2) is 55.0 Å². The number of carbonyl (C=O) groups is 1. The van der Waals surface area contributed by atoms with Crippen LogP contribution in [0.3, 0.4) is 0 Å². The third-order valence-corrected chi connectivity index (χ3v) is 5.63. The molecule has 0 bridgehead atoms. The standard InChI is InChI=1S/C23H21ClFN5O/c24-19-3-1-2-16(8-19)13-29-7-6-22(23(29)31)28-12-20-11-27-15-30(20)14-17-4-5-18(10-26)21(25)9-17/h1-5,8-9,11,15,22,28H,6-7,12-14H2/t22-/m1/s1. The average molecular weight is 438 g/mol. The van der Waals surface area contributed by atoms with E-state index in [0.29, 0.717) is 31.2 Å². The van der Waals surface area contributed by atoms with E-state index in [1.807, 2.05) is 39.8 Å². The quantitative estimate of drug-likeness (QED) is 0.614. The van der Waals surface area contributed by atoms with Gasteiger partial charge in [-0.1, -0.05) is 29.8 Å². The van der Waals surface area contributed by atoms with Crippen molar-refractivity contribution >= 4 is 17.5 Å². The largest absolute Gasteiger partial charge is 0.337 e. The molecule has 0 aliphatic carbocycles. The Morgan fingerprint density at radius 2 is 2.06 bits per heavy atom. The Bertz CT molecular complexity index is 1140. The molecule has 158 valence electrons. The Balaban J connectivity index is 1.35. The van der Waals surface area contributed by atoms with Crippen molar-refractivity contribution in [2.24, 2.45) is 0 Å². The molecule has 0 radical (unpaired) electrons. The molecular weight excluding hydrogens is 417 g/mol. The SMILES string of the molecule is N#Cc1ccc(Cn2cncc2CN[C@@H]2CCN(Cc3cccc(Cl)c3)C2=O)cc1F. The van der Waals surface area contributed by atoms with Crippen molar-refractivity contribution in [3.8, 4) is 6.07 Å². The molecule has 1 aromatic heterocycles. The van der Waals surface area contributed by atoms with Crippen molar-refractivity contribution in [3.05, 3.63) is 88.2 Å². The fourth-order valence-electron chi connectivity index (χ4n) is 3.75. The van der Waals surface area contributed by atoms with Gasteiger partial charge in [-0.2, -0.15) is 5.26 Å². The minimum atomic E-state index is -0.531. The fraction of sp³-hybridized carbons (Fsp3) is 0.261. The van der Waals surface area contributed by atoms with Crippen molar-refractivity contribution in [3.63, 3.8) is 0 Å². The average Bonchev–Trinajstić information content (AvgIpc) is 3.33. The van der Waals surface area contributed by atoms with Crippen LogP contribution >= 0.6 is 11.6 Å². The lowest BCUT2D eigenvalue weighted by molar-refractivity contribution is -0.129. The molecule has 3 aromatic rings. The lowest BCUT2D eigenvalue weighted by Crippen LogP contribution is -2.38. The molecule has 0 saturated carbocycles. The zero-order valence-electron chi connectivity index (χ0n) is 16.8. The van der Waals surface area contributed by atoms with Gasteiger partial charge in [-0.05, 0) is 41.8 Å². The van der Waals surface area contributed by atoms with E-state index in [0.717, 1.165) is 23.2 Å². The van der Waals surface area contributed by atoms with Crippen molar-refractivity contribution in [1.82, 2.24) is 19.8 Å². The Hall–Kier alpha value is -3.21. The molecule has 2 aromatic carbocycles.